The molecule has 3 rings (SSSR count). The third-order valence-corrected chi connectivity index (χ3v) is 4.87. The van der Waals surface area contributed by atoms with E-state index in [1.54, 1.807) is 32.9 Å². The molecule has 30 heavy (non-hydrogen) atoms. The number of benzene rings is 2. The van der Waals surface area contributed by atoms with E-state index in [9.17, 15) is 9.59 Å². The summed E-state index contributed by atoms with van der Waals surface area (Å²) in [5.41, 5.74) is 3.71. The highest BCUT2D eigenvalue weighted by molar-refractivity contribution is 6.34. The van der Waals surface area contributed by atoms with Gasteiger partial charge < -0.3 is 9.64 Å². The summed E-state index contributed by atoms with van der Waals surface area (Å²) in [6.45, 7) is 5.30. The first-order chi connectivity index (χ1) is 14.2. The molecule has 0 saturated heterocycles. The Bertz CT molecular complexity index is 1040. The summed E-state index contributed by atoms with van der Waals surface area (Å²) < 4.78 is 5.23. The molecule has 2 aromatic carbocycles. The van der Waals surface area contributed by atoms with E-state index in [0.717, 1.165) is 11.3 Å². The molecule has 2 aromatic rings. The summed E-state index contributed by atoms with van der Waals surface area (Å²) in [6.07, 6.45) is 1.53. The van der Waals surface area contributed by atoms with Gasteiger partial charge in [0.05, 0.1) is 33.7 Å². The number of ether oxygens (including phenoxy) is 1. The van der Waals surface area contributed by atoms with Gasteiger partial charge in [-0.1, -0.05) is 23.7 Å². The van der Waals surface area contributed by atoms with Crippen molar-refractivity contribution in [3.63, 3.8) is 0 Å². The van der Waals surface area contributed by atoms with Gasteiger partial charge in [0, 0.05) is 19.8 Å². The zero-order valence-corrected chi connectivity index (χ0v) is 18.4. The van der Waals surface area contributed by atoms with Gasteiger partial charge in [-0.05, 0) is 62.7 Å². The van der Waals surface area contributed by atoms with Crippen LogP contribution >= 0.6 is 11.6 Å². The molecule has 0 N–H and O–H groups in total. The van der Waals surface area contributed by atoms with Gasteiger partial charge in [0.1, 0.15) is 0 Å². The van der Waals surface area contributed by atoms with E-state index in [1.165, 1.54) is 11.1 Å². The topological polar surface area (TPSA) is 62.2 Å². The van der Waals surface area contributed by atoms with Crippen LogP contribution in [0.25, 0.3) is 6.08 Å². The van der Waals surface area contributed by atoms with Gasteiger partial charge in [-0.15, -0.1) is 0 Å². The molecule has 1 amide bonds. The molecule has 0 saturated carbocycles. The van der Waals surface area contributed by atoms with Crippen molar-refractivity contribution in [3.8, 4) is 0 Å². The second kappa shape index (κ2) is 8.71. The monoisotopic (exact) mass is 425 g/mol. The number of halogens is 1. The Hall–Kier alpha value is -3.12. The Labute approximate surface area is 181 Å². The van der Waals surface area contributed by atoms with Crippen LogP contribution in [0.3, 0.4) is 0 Å². The van der Waals surface area contributed by atoms with E-state index in [2.05, 4.69) is 5.10 Å². The molecule has 0 unspecified atom stereocenters. The molecule has 1 aliphatic rings. The van der Waals surface area contributed by atoms with Gasteiger partial charge in [0.25, 0.3) is 5.91 Å². The second-order valence-corrected chi connectivity index (χ2v) is 7.87. The predicted octanol–water partition coefficient (Wildman–Crippen LogP) is 4.78. The molecule has 0 aromatic heterocycles. The van der Waals surface area contributed by atoms with Crippen LogP contribution in [0.5, 0.6) is 0 Å². The maximum absolute atomic E-state index is 13.0. The molecule has 6 nitrogen and oxygen atoms in total. The third-order valence-electron chi connectivity index (χ3n) is 4.54. The Balaban J connectivity index is 1.89. The van der Waals surface area contributed by atoms with Crippen molar-refractivity contribution < 1.29 is 14.3 Å². The average Bonchev–Trinajstić information content (AvgIpc) is 2.96. The number of carbonyl (C=O) groups is 2. The molecule has 0 aliphatic carbocycles. The molecule has 156 valence electrons. The molecule has 0 atom stereocenters. The van der Waals surface area contributed by atoms with Crippen molar-refractivity contribution in [1.82, 2.24) is 0 Å². The van der Waals surface area contributed by atoms with Gasteiger partial charge in [-0.25, -0.2) is 4.79 Å². The first-order valence-corrected chi connectivity index (χ1v) is 9.95. The number of anilines is 2. The lowest BCUT2D eigenvalue weighted by atomic mass is 10.1. The van der Waals surface area contributed by atoms with Crippen LogP contribution in [0.15, 0.2) is 53.1 Å². The van der Waals surface area contributed by atoms with Crippen LogP contribution < -0.4 is 9.91 Å². The lowest BCUT2D eigenvalue weighted by Gasteiger charge is -2.15. The van der Waals surface area contributed by atoms with Crippen LogP contribution in [0, 0.1) is 0 Å². The van der Waals surface area contributed by atoms with Crippen molar-refractivity contribution in [1.29, 1.82) is 0 Å². The van der Waals surface area contributed by atoms with Crippen LogP contribution in [0.1, 0.15) is 36.7 Å². The smallest absolute Gasteiger partial charge is 0.339 e. The van der Waals surface area contributed by atoms with Crippen molar-refractivity contribution in [2.75, 3.05) is 24.0 Å². The largest absolute Gasteiger partial charge is 0.459 e. The van der Waals surface area contributed by atoms with E-state index in [4.69, 9.17) is 16.3 Å². The number of esters is 1. The summed E-state index contributed by atoms with van der Waals surface area (Å²) in [7, 11) is 3.94. The maximum atomic E-state index is 13.0. The lowest BCUT2D eigenvalue weighted by Crippen LogP contribution is -2.22. The normalized spacial score (nSPS) is 15.0. The van der Waals surface area contributed by atoms with Gasteiger partial charge >= 0.3 is 5.97 Å². The minimum Gasteiger partial charge on any atom is -0.459 e. The molecule has 0 bridgehead atoms. The minimum absolute atomic E-state index is 0.195. The Morgan fingerprint density at radius 3 is 2.43 bits per heavy atom. The Kier molecular flexibility index (Phi) is 6.27. The number of rotatable bonds is 5. The summed E-state index contributed by atoms with van der Waals surface area (Å²) in [5, 5.41) is 5.92. The number of nitrogens with zero attached hydrogens (tertiary/aromatic N) is 3. The van der Waals surface area contributed by atoms with E-state index in [-0.39, 0.29) is 22.6 Å². The molecule has 7 heteroatoms. The Morgan fingerprint density at radius 1 is 1.17 bits per heavy atom. The molecule has 0 radical (unpaired) electrons. The summed E-state index contributed by atoms with van der Waals surface area (Å²) in [5.74, 6) is -0.810. The molecule has 1 heterocycles. The summed E-state index contributed by atoms with van der Waals surface area (Å²) in [6, 6.07) is 12.6. The van der Waals surface area contributed by atoms with Crippen LogP contribution in [-0.2, 0) is 9.53 Å². The number of hydrazone groups is 1. The van der Waals surface area contributed by atoms with E-state index >= 15 is 0 Å². The standard InChI is InChI=1S/C23H24ClN3O3/c1-14(2)30-23(29)20-13-18(10-11-21(20)24)27-22(28)19(15(3)25-27)12-16-6-8-17(9-7-16)26(4)5/h6-14H,1-5H3/b19-12-. The first kappa shape index (κ1) is 21.6. The van der Waals surface area contributed by atoms with E-state index < -0.39 is 5.97 Å². The van der Waals surface area contributed by atoms with Crippen molar-refractivity contribution in [2.45, 2.75) is 26.9 Å². The molecular weight excluding hydrogens is 402 g/mol. The van der Waals surface area contributed by atoms with Gasteiger partial charge in [0.15, 0.2) is 0 Å². The summed E-state index contributed by atoms with van der Waals surface area (Å²) in [4.78, 5) is 27.3. The number of hydrogen-bond acceptors (Lipinski definition) is 5. The van der Waals surface area contributed by atoms with Crippen molar-refractivity contribution in [3.05, 3.63) is 64.2 Å². The van der Waals surface area contributed by atoms with Crippen LogP contribution in [-0.4, -0.2) is 37.8 Å². The number of carbonyl (C=O) groups excluding carboxylic acids is 2. The molecule has 1 aliphatic heterocycles. The first-order valence-electron chi connectivity index (χ1n) is 9.57. The zero-order chi connectivity index (χ0) is 22.0. The summed E-state index contributed by atoms with van der Waals surface area (Å²) >= 11 is 6.16. The zero-order valence-electron chi connectivity index (χ0n) is 17.6. The highest BCUT2D eigenvalue weighted by atomic mass is 35.5. The number of amides is 1. The Morgan fingerprint density at radius 2 is 1.83 bits per heavy atom. The maximum Gasteiger partial charge on any atom is 0.339 e. The van der Waals surface area contributed by atoms with Crippen LogP contribution in [0.4, 0.5) is 11.4 Å². The van der Waals surface area contributed by atoms with Crippen LogP contribution in [0.2, 0.25) is 5.02 Å². The van der Waals surface area contributed by atoms with Gasteiger partial charge in [-0.2, -0.15) is 10.1 Å². The van der Waals surface area contributed by atoms with E-state index in [0.29, 0.717) is 17.0 Å². The highest BCUT2D eigenvalue weighted by Gasteiger charge is 2.29. The second-order valence-electron chi connectivity index (χ2n) is 7.46. The van der Waals surface area contributed by atoms with Crippen molar-refractivity contribution in [2.24, 2.45) is 5.10 Å². The molecule has 0 spiro atoms. The SMILES string of the molecule is CC1=NN(c2ccc(Cl)c(C(=O)OC(C)C)c2)C(=O)/C1=C\c1ccc(N(C)C)cc1. The molecular formula is C23H24ClN3O3. The average molecular weight is 426 g/mol. The number of hydrogen-bond donors (Lipinski definition) is 0. The predicted molar refractivity (Wildman–Crippen MR) is 121 cm³/mol. The lowest BCUT2D eigenvalue weighted by molar-refractivity contribution is -0.114. The minimum atomic E-state index is -0.541. The van der Waals surface area contributed by atoms with E-state index in [1.807, 2.05) is 49.3 Å². The quantitative estimate of drug-likeness (QED) is 0.511. The fourth-order valence-electron chi connectivity index (χ4n) is 2.97. The van der Waals surface area contributed by atoms with Gasteiger partial charge in [-0.3, -0.25) is 4.79 Å². The third kappa shape index (κ3) is 4.54. The fraction of sp³-hybridized carbons (Fsp3) is 0.261. The molecule has 0 fully saturated rings. The highest BCUT2D eigenvalue weighted by Crippen LogP contribution is 2.29. The van der Waals surface area contributed by atoms with Gasteiger partial charge in [0.2, 0.25) is 0 Å². The fourth-order valence-corrected chi connectivity index (χ4v) is 3.17. The van der Waals surface area contributed by atoms with Crippen molar-refractivity contribution >= 4 is 46.6 Å².